The van der Waals surface area contributed by atoms with Gasteiger partial charge in [0.1, 0.15) is 9.71 Å². The third-order valence-corrected chi connectivity index (χ3v) is 3.37. The van der Waals surface area contributed by atoms with Gasteiger partial charge in [-0.3, -0.25) is 0 Å². The molecule has 2 aromatic rings. The molecule has 0 aliphatic rings. The minimum atomic E-state index is -2.71. The zero-order chi connectivity index (χ0) is 12.7. The number of aromatic carboxylic acids is 1. The van der Waals surface area contributed by atoms with E-state index in [4.69, 9.17) is 10.8 Å². The average Bonchev–Trinajstić information content (AvgIpc) is 2.54. The fourth-order valence-electron chi connectivity index (χ4n) is 1.61. The van der Waals surface area contributed by atoms with Gasteiger partial charge in [0.25, 0.3) is 6.43 Å². The fraction of sp³-hybridized carbons (Fsp3) is 0.200. The van der Waals surface area contributed by atoms with Crippen molar-refractivity contribution in [1.29, 1.82) is 0 Å². The molecule has 17 heavy (non-hydrogen) atoms. The predicted molar refractivity (Wildman–Crippen MR) is 60.7 cm³/mol. The van der Waals surface area contributed by atoms with Crippen LogP contribution in [-0.4, -0.2) is 16.1 Å². The van der Waals surface area contributed by atoms with Gasteiger partial charge in [-0.05, 0) is 13.0 Å². The summed E-state index contributed by atoms with van der Waals surface area (Å²) < 4.78 is 25.7. The SMILES string of the molecule is Cc1cc(C(F)F)c2c(N)c(C(=O)O)sc2n1. The number of halogens is 2. The summed E-state index contributed by atoms with van der Waals surface area (Å²) in [7, 11) is 0. The lowest BCUT2D eigenvalue weighted by molar-refractivity contribution is 0.0703. The molecule has 0 spiro atoms. The van der Waals surface area contributed by atoms with Gasteiger partial charge in [0.05, 0.1) is 5.69 Å². The molecule has 0 saturated heterocycles. The van der Waals surface area contributed by atoms with E-state index in [2.05, 4.69) is 4.98 Å². The molecule has 90 valence electrons. The van der Waals surface area contributed by atoms with Gasteiger partial charge in [0.2, 0.25) is 0 Å². The Bertz CT molecular complexity index is 610. The van der Waals surface area contributed by atoms with Gasteiger partial charge in [-0.2, -0.15) is 0 Å². The lowest BCUT2D eigenvalue weighted by Crippen LogP contribution is -1.98. The molecule has 4 nitrogen and oxygen atoms in total. The van der Waals surface area contributed by atoms with Crippen molar-refractivity contribution in [2.24, 2.45) is 0 Å². The van der Waals surface area contributed by atoms with E-state index in [0.29, 0.717) is 5.69 Å². The first-order valence-electron chi connectivity index (χ1n) is 4.62. The fourth-order valence-corrected chi connectivity index (χ4v) is 2.62. The topological polar surface area (TPSA) is 76.2 Å². The summed E-state index contributed by atoms with van der Waals surface area (Å²) in [6, 6.07) is 1.22. The number of alkyl halides is 2. The van der Waals surface area contributed by atoms with Crippen molar-refractivity contribution in [1.82, 2.24) is 4.98 Å². The van der Waals surface area contributed by atoms with Crippen LogP contribution in [0, 0.1) is 6.92 Å². The number of thiophene rings is 1. The lowest BCUT2D eigenvalue weighted by atomic mass is 10.1. The zero-order valence-electron chi connectivity index (χ0n) is 8.70. The Balaban J connectivity index is 2.87. The lowest BCUT2D eigenvalue weighted by Gasteiger charge is -2.04. The summed E-state index contributed by atoms with van der Waals surface area (Å²) in [5, 5.41) is 8.93. The van der Waals surface area contributed by atoms with E-state index in [1.54, 1.807) is 6.92 Å². The molecule has 0 aliphatic carbocycles. The standard InChI is InChI=1S/C10H8F2N2O2S/c1-3-2-4(8(11)12)5-6(13)7(10(15)16)17-9(5)14-3/h2,8H,13H2,1H3,(H,15,16). The molecule has 7 heteroatoms. The highest BCUT2D eigenvalue weighted by Crippen LogP contribution is 2.38. The average molecular weight is 258 g/mol. The Morgan fingerprint density at radius 1 is 1.59 bits per heavy atom. The van der Waals surface area contributed by atoms with Crippen LogP contribution in [-0.2, 0) is 0 Å². The molecule has 0 saturated carbocycles. The van der Waals surface area contributed by atoms with Crippen molar-refractivity contribution in [2.75, 3.05) is 5.73 Å². The van der Waals surface area contributed by atoms with Crippen LogP contribution >= 0.6 is 11.3 Å². The van der Waals surface area contributed by atoms with Crippen molar-refractivity contribution < 1.29 is 18.7 Å². The van der Waals surface area contributed by atoms with Crippen molar-refractivity contribution in [3.05, 3.63) is 22.2 Å². The second-order valence-electron chi connectivity index (χ2n) is 3.48. The minimum Gasteiger partial charge on any atom is -0.477 e. The molecule has 0 aromatic carbocycles. The number of carboxylic acids is 1. The largest absolute Gasteiger partial charge is 0.477 e. The molecule has 3 N–H and O–H groups in total. The van der Waals surface area contributed by atoms with Crippen molar-refractivity contribution in [3.8, 4) is 0 Å². The summed E-state index contributed by atoms with van der Waals surface area (Å²) in [6.45, 7) is 1.57. The van der Waals surface area contributed by atoms with E-state index >= 15 is 0 Å². The Morgan fingerprint density at radius 2 is 2.24 bits per heavy atom. The maximum atomic E-state index is 12.8. The van der Waals surface area contributed by atoms with Gasteiger partial charge in [-0.15, -0.1) is 11.3 Å². The third-order valence-electron chi connectivity index (χ3n) is 2.29. The Morgan fingerprint density at radius 3 is 2.76 bits per heavy atom. The van der Waals surface area contributed by atoms with Gasteiger partial charge in [0, 0.05) is 16.6 Å². The second-order valence-corrected chi connectivity index (χ2v) is 4.48. The van der Waals surface area contributed by atoms with E-state index in [0.717, 1.165) is 11.3 Å². The van der Waals surface area contributed by atoms with E-state index < -0.39 is 12.4 Å². The maximum absolute atomic E-state index is 12.8. The first kappa shape index (κ1) is 11.7. The van der Waals surface area contributed by atoms with Gasteiger partial charge < -0.3 is 10.8 Å². The van der Waals surface area contributed by atoms with Crippen LogP contribution in [0.3, 0.4) is 0 Å². The monoisotopic (exact) mass is 258 g/mol. The molecule has 2 heterocycles. The van der Waals surface area contributed by atoms with Crippen molar-refractivity contribution in [3.63, 3.8) is 0 Å². The van der Waals surface area contributed by atoms with Crippen LogP contribution in [0.15, 0.2) is 6.07 Å². The molecular formula is C10H8F2N2O2S. The zero-order valence-corrected chi connectivity index (χ0v) is 9.52. The van der Waals surface area contributed by atoms with E-state index in [-0.39, 0.29) is 26.3 Å². The molecule has 2 rings (SSSR count). The number of pyridine rings is 1. The number of fused-ring (bicyclic) bond motifs is 1. The highest BCUT2D eigenvalue weighted by Gasteiger charge is 2.22. The minimum absolute atomic E-state index is 0.0491. The smallest absolute Gasteiger partial charge is 0.348 e. The number of rotatable bonds is 2. The van der Waals surface area contributed by atoms with Crippen LogP contribution < -0.4 is 5.73 Å². The van der Waals surface area contributed by atoms with Crippen LogP contribution in [0.1, 0.15) is 27.4 Å². The number of nitrogens with two attached hydrogens (primary N) is 1. The quantitative estimate of drug-likeness (QED) is 0.868. The number of aromatic nitrogens is 1. The molecular weight excluding hydrogens is 250 g/mol. The molecule has 0 amide bonds. The number of aryl methyl sites for hydroxylation is 1. The highest BCUT2D eigenvalue weighted by molar-refractivity contribution is 7.21. The molecule has 0 radical (unpaired) electrons. The third kappa shape index (κ3) is 1.82. The predicted octanol–water partition coefficient (Wildman–Crippen LogP) is 2.82. The molecule has 2 aromatic heterocycles. The Labute approximate surface area is 98.7 Å². The van der Waals surface area contributed by atoms with Gasteiger partial charge in [-0.25, -0.2) is 18.6 Å². The Kier molecular flexibility index (Phi) is 2.70. The molecule has 0 fully saturated rings. The normalized spacial score (nSPS) is 11.3. The summed E-state index contributed by atoms with van der Waals surface area (Å²) in [5.74, 6) is -1.23. The molecule has 0 atom stereocenters. The van der Waals surface area contributed by atoms with Gasteiger partial charge in [0.15, 0.2) is 0 Å². The van der Waals surface area contributed by atoms with E-state index in [1.807, 2.05) is 0 Å². The Hall–Kier alpha value is -1.76. The van der Waals surface area contributed by atoms with Crippen LogP contribution in [0.25, 0.3) is 10.2 Å². The van der Waals surface area contributed by atoms with Crippen molar-refractivity contribution in [2.45, 2.75) is 13.3 Å². The summed E-state index contributed by atoms with van der Waals surface area (Å²) in [4.78, 5) is 15.0. The molecule has 0 unspecified atom stereocenters. The first-order valence-corrected chi connectivity index (χ1v) is 5.44. The number of nitrogen functional groups attached to an aromatic ring is 1. The van der Waals surface area contributed by atoms with E-state index in [1.165, 1.54) is 6.07 Å². The number of anilines is 1. The summed E-state index contributed by atoms with van der Waals surface area (Å²) in [6.07, 6.45) is -2.71. The number of nitrogens with zero attached hydrogens (tertiary/aromatic N) is 1. The summed E-state index contributed by atoms with van der Waals surface area (Å²) in [5.41, 5.74) is 5.58. The van der Waals surface area contributed by atoms with Crippen LogP contribution in [0.5, 0.6) is 0 Å². The number of carbonyl (C=O) groups is 1. The second kappa shape index (κ2) is 3.92. The van der Waals surface area contributed by atoms with Crippen LogP contribution in [0.2, 0.25) is 0 Å². The molecule has 0 aliphatic heterocycles. The van der Waals surface area contributed by atoms with Gasteiger partial charge >= 0.3 is 5.97 Å². The number of hydrogen-bond acceptors (Lipinski definition) is 4. The summed E-state index contributed by atoms with van der Waals surface area (Å²) >= 11 is 0.809. The number of hydrogen-bond donors (Lipinski definition) is 2. The molecule has 0 bridgehead atoms. The van der Waals surface area contributed by atoms with Gasteiger partial charge in [-0.1, -0.05) is 0 Å². The number of carboxylic acid groups (broad SMARTS) is 1. The van der Waals surface area contributed by atoms with Crippen LogP contribution in [0.4, 0.5) is 14.5 Å². The van der Waals surface area contributed by atoms with E-state index in [9.17, 15) is 13.6 Å². The highest BCUT2D eigenvalue weighted by atomic mass is 32.1. The maximum Gasteiger partial charge on any atom is 0.348 e. The first-order chi connectivity index (χ1) is 7.91. The van der Waals surface area contributed by atoms with Crippen molar-refractivity contribution >= 4 is 33.2 Å².